The quantitative estimate of drug-likeness (QED) is 0.273. The van der Waals surface area contributed by atoms with Gasteiger partial charge in [-0.15, -0.1) is 24.0 Å². The fraction of sp³-hybridized carbons (Fsp3) is 0.391. The zero-order valence-corrected chi connectivity index (χ0v) is 21.0. The lowest BCUT2D eigenvalue weighted by molar-refractivity contribution is 0.0773. The number of guanidine groups is 1. The largest absolute Gasteiger partial charge is 0.357 e. The van der Waals surface area contributed by atoms with Crippen molar-refractivity contribution >= 4 is 47.4 Å². The van der Waals surface area contributed by atoms with E-state index in [0.29, 0.717) is 25.2 Å². The average molecular weight is 543 g/mol. The molecular formula is C23H32ClIN4O. The van der Waals surface area contributed by atoms with Crippen LogP contribution in [0, 0.1) is 0 Å². The molecule has 0 saturated carbocycles. The Balaban J connectivity index is 0.00000450. The Morgan fingerprint density at radius 2 is 1.67 bits per heavy atom. The first kappa shape index (κ1) is 26.2. The first-order chi connectivity index (χ1) is 14.1. The monoisotopic (exact) mass is 542 g/mol. The van der Waals surface area contributed by atoms with Crippen molar-refractivity contribution in [3.63, 3.8) is 0 Å². The molecule has 0 aromatic heterocycles. The molecule has 0 spiro atoms. The molecule has 0 saturated heterocycles. The van der Waals surface area contributed by atoms with Gasteiger partial charge in [-0.2, -0.15) is 0 Å². The Kier molecular flexibility index (Phi) is 12.5. The fourth-order valence-corrected chi connectivity index (χ4v) is 3.21. The van der Waals surface area contributed by atoms with Crippen LogP contribution in [0.4, 0.5) is 0 Å². The minimum atomic E-state index is 0. The molecular weight excluding hydrogens is 511 g/mol. The number of nitrogens with zero attached hydrogens (tertiary/aromatic N) is 2. The van der Waals surface area contributed by atoms with Gasteiger partial charge in [-0.25, -0.2) is 4.99 Å². The van der Waals surface area contributed by atoms with E-state index in [4.69, 9.17) is 11.6 Å². The predicted molar refractivity (Wildman–Crippen MR) is 137 cm³/mol. The van der Waals surface area contributed by atoms with Crippen LogP contribution in [0.3, 0.4) is 0 Å². The summed E-state index contributed by atoms with van der Waals surface area (Å²) in [6, 6.07) is 15.6. The molecule has 0 aliphatic carbocycles. The summed E-state index contributed by atoms with van der Waals surface area (Å²) in [5.41, 5.74) is 2.89. The maximum Gasteiger partial charge on any atom is 0.253 e. The van der Waals surface area contributed by atoms with Crippen LogP contribution in [0.1, 0.15) is 42.3 Å². The van der Waals surface area contributed by atoms with E-state index >= 15 is 0 Å². The molecule has 0 unspecified atom stereocenters. The molecule has 7 heteroatoms. The molecule has 2 rings (SSSR count). The predicted octanol–water partition coefficient (Wildman–Crippen LogP) is 4.74. The second-order valence-corrected chi connectivity index (χ2v) is 7.04. The van der Waals surface area contributed by atoms with Gasteiger partial charge in [0, 0.05) is 36.8 Å². The van der Waals surface area contributed by atoms with E-state index in [-0.39, 0.29) is 29.9 Å². The van der Waals surface area contributed by atoms with Crippen molar-refractivity contribution in [3.05, 3.63) is 70.2 Å². The number of hydrogen-bond acceptors (Lipinski definition) is 2. The molecule has 1 amide bonds. The second kappa shape index (κ2) is 14.2. The number of rotatable bonds is 9. The van der Waals surface area contributed by atoms with Gasteiger partial charge in [0.25, 0.3) is 5.91 Å². The van der Waals surface area contributed by atoms with Gasteiger partial charge in [0.2, 0.25) is 0 Å². The van der Waals surface area contributed by atoms with Gasteiger partial charge < -0.3 is 15.5 Å². The van der Waals surface area contributed by atoms with Gasteiger partial charge in [0.1, 0.15) is 0 Å². The van der Waals surface area contributed by atoms with Crippen LogP contribution in [-0.4, -0.2) is 42.9 Å². The van der Waals surface area contributed by atoms with E-state index in [0.717, 1.165) is 41.6 Å². The third-order valence-corrected chi connectivity index (χ3v) is 5.03. The fourth-order valence-electron chi connectivity index (χ4n) is 2.97. The molecule has 2 N–H and O–H groups in total. The second-order valence-electron chi connectivity index (χ2n) is 6.64. The van der Waals surface area contributed by atoms with Gasteiger partial charge in [0.15, 0.2) is 5.96 Å². The summed E-state index contributed by atoms with van der Waals surface area (Å²) in [6.45, 7) is 9.53. The Hall–Kier alpha value is -1.80. The summed E-state index contributed by atoms with van der Waals surface area (Å²) in [4.78, 5) is 18.9. The zero-order chi connectivity index (χ0) is 21.1. The summed E-state index contributed by atoms with van der Waals surface area (Å²) in [6.07, 6.45) is 0.826. The lowest BCUT2D eigenvalue weighted by Crippen LogP contribution is -2.38. The van der Waals surface area contributed by atoms with Crippen LogP contribution in [0.15, 0.2) is 53.5 Å². The van der Waals surface area contributed by atoms with Crippen molar-refractivity contribution in [2.75, 3.05) is 26.2 Å². The standard InChI is InChI=1S/C23H31ClN4O.HI/c1-4-25-23(26-16-15-19-9-7-8-10-21(19)24)27-17-18-11-13-20(14-12-18)22(29)28(5-2)6-3;/h7-14H,4-6,15-17H2,1-3H3,(H2,25,26,27);1H. The van der Waals surface area contributed by atoms with Gasteiger partial charge in [0.05, 0.1) is 6.54 Å². The van der Waals surface area contributed by atoms with Crippen LogP contribution in [0.5, 0.6) is 0 Å². The number of nitrogens with one attached hydrogen (secondary N) is 2. The number of hydrogen-bond donors (Lipinski definition) is 2. The number of carbonyl (C=O) groups excluding carboxylic acids is 1. The lowest BCUT2D eigenvalue weighted by atomic mass is 10.1. The number of halogens is 2. The van der Waals surface area contributed by atoms with E-state index in [2.05, 4.69) is 15.6 Å². The van der Waals surface area contributed by atoms with Crippen molar-refractivity contribution in [2.45, 2.75) is 33.7 Å². The smallest absolute Gasteiger partial charge is 0.253 e. The molecule has 2 aromatic carbocycles. The molecule has 0 fully saturated rings. The SMILES string of the molecule is CCNC(=NCc1ccc(C(=O)N(CC)CC)cc1)NCCc1ccccc1Cl.I. The molecule has 0 heterocycles. The third-order valence-electron chi connectivity index (χ3n) is 4.66. The average Bonchev–Trinajstić information content (AvgIpc) is 2.74. The van der Waals surface area contributed by atoms with Crippen molar-refractivity contribution in [1.29, 1.82) is 0 Å². The Bertz CT molecular complexity index is 807. The van der Waals surface area contributed by atoms with Crippen LogP contribution in [0.2, 0.25) is 5.02 Å². The van der Waals surface area contributed by atoms with Crippen LogP contribution in [0.25, 0.3) is 0 Å². The van der Waals surface area contributed by atoms with E-state index in [9.17, 15) is 4.79 Å². The van der Waals surface area contributed by atoms with Gasteiger partial charge in [-0.05, 0) is 56.5 Å². The molecule has 0 aliphatic rings. The van der Waals surface area contributed by atoms with Crippen LogP contribution >= 0.6 is 35.6 Å². The lowest BCUT2D eigenvalue weighted by Gasteiger charge is -2.18. The topological polar surface area (TPSA) is 56.7 Å². The Labute approximate surface area is 202 Å². The maximum atomic E-state index is 12.4. The molecule has 0 bridgehead atoms. The molecule has 0 atom stereocenters. The number of aliphatic imine (C=N–C) groups is 1. The van der Waals surface area contributed by atoms with Crippen molar-refractivity contribution in [2.24, 2.45) is 4.99 Å². The number of amides is 1. The van der Waals surface area contributed by atoms with E-state index in [1.807, 2.05) is 74.2 Å². The zero-order valence-electron chi connectivity index (χ0n) is 18.0. The van der Waals surface area contributed by atoms with Gasteiger partial charge in [-0.1, -0.05) is 41.9 Å². The highest BCUT2D eigenvalue weighted by Gasteiger charge is 2.11. The molecule has 5 nitrogen and oxygen atoms in total. The summed E-state index contributed by atoms with van der Waals surface area (Å²) in [5, 5.41) is 7.39. The van der Waals surface area contributed by atoms with E-state index < -0.39 is 0 Å². The highest BCUT2D eigenvalue weighted by Crippen LogP contribution is 2.14. The summed E-state index contributed by atoms with van der Waals surface area (Å²) < 4.78 is 0. The summed E-state index contributed by atoms with van der Waals surface area (Å²) in [7, 11) is 0. The molecule has 164 valence electrons. The summed E-state index contributed by atoms with van der Waals surface area (Å²) in [5.74, 6) is 0.836. The maximum absolute atomic E-state index is 12.4. The molecule has 30 heavy (non-hydrogen) atoms. The molecule has 0 aliphatic heterocycles. The molecule has 2 aromatic rings. The highest BCUT2D eigenvalue weighted by molar-refractivity contribution is 14.0. The van der Waals surface area contributed by atoms with Gasteiger partial charge in [-0.3, -0.25) is 4.79 Å². The van der Waals surface area contributed by atoms with Crippen molar-refractivity contribution in [3.8, 4) is 0 Å². The van der Waals surface area contributed by atoms with E-state index in [1.54, 1.807) is 0 Å². The van der Waals surface area contributed by atoms with Crippen LogP contribution in [-0.2, 0) is 13.0 Å². The summed E-state index contributed by atoms with van der Waals surface area (Å²) >= 11 is 6.21. The van der Waals surface area contributed by atoms with Crippen molar-refractivity contribution < 1.29 is 4.79 Å². The van der Waals surface area contributed by atoms with Gasteiger partial charge >= 0.3 is 0 Å². The number of carbonyl (C=O) groups is 1. The van der Waals surface area contributed by atoms with Crippen LogP contribution < -0.4 is 10.6 Å². The highest BCUT2D eigenvalue weighted by atomic mass is 127. The normalized spacial score (nSPS) is 10.9. The molecule has 0 radical (unpaired) electrons. The minimum Gasteiger partial charge on any atom is -0.357 e. The third kappa shape index (κ3) is 8.14. The first-order valence-electron chi connectivity index (χ1n) is 10.2. The van der Waals surface area contributed by atoms with Crippen molar-refractivity contribution in [1.82, 2.24) is 15.5 Å². The Morgan fingerprint density at radius 1 is 1.00 bits per heavy atom. The minimum absolute atomic E-state index is 0. The first-order valence-corrected chi connectivity index (χ1v) is 10.6. The van der Waals surface area contributed by atoms with E-state index in [1.165, 1.54) is 0 Å². The Morgan fingerprint density at radius 3 is 2.27 bits per heavy atom. The number of benzene rings is 2.